The van der Waals surface area contributed by atoms with Crippen LogP contribution in [-0.4, -0.2) is 18.2 Å². The summed E-state index contributed by atoms with van der Waals surface area (Å²) in [4.78, 5) is 14.8. The molecule has 0 unspecified atom stereocenters. The molecule has 5 aromatic rings. The molecule has 0 amide bonds. The number of alkyl halides is 6. The van der Waals surface area contributed by atoms with Crippen molar-refractivity contribution in [1.29, 1.82) is 0 Å². The number of benzene rings is 3. The van der Waals surface area contributed by atoms with E-state index in [9.17, 15) is 31.1 Å². The highest BCUT2D eigenvalue weighted by molar-refractivity contribution is 7.15. The fourth-order valence-corrected chi connectivity index (χ4v) is 6.21. The third-order valence-electron chi connectivity index (χ3n) is 6.99. The van der Waals surface area contributed by atoms with Gasteiger partial charge in [0, 0.05) is 25.9 Å². The van der Waals surface area contributed by atoms with Crippen molar-refractivity contribution in [2.24, 2.45) is 0 Å². The maximum atomic E-state index is 12.7. The summed E-state index contributed by atoms with van der Waals surface area (Å²) >= 11 is 2.85. The number of hydrogen-bond donors (Lipinski definition) is 1. The van der Waals surface area contributed by atoms with Crippen LogP contribution >= 0.6 is 22.7 Å². The number of thiophene rings is 2. The van der Waals surface area contributed by atoms with Crippen molar-refractivity contribution in [2.45, 2.75) is 45.3 Å². The number of carbonyl (C=O) groups is 1. The lowest BCUT2D eigenvalue weighted by Gasteiger charge is -2.09. The minimum absolute atomic E-state index is 0.0503. The number of carbonyl (C=O) groups excluding carboxylic acids is 1. The van der Waals surface area contributed by atoms with Gasteiger partial charge < -0.3 is 14.6 Å². The third-order valence-corrected chi connectivity index (χ3v) is 9.22. The Morgan fingerprint density at radius 3 is 1.68 bits per heavy atom. The van der Waals surface area contributed by atoms with E-state index in [1.54, 1.807) is 12.1 Å². The van der Waals surface area contributed by atoms with Crippen LogP contribution < -0.4 is 4.74 Å². The highest BCUT2D eigenvalue weighted by atomic mass is 32.1. The summed E-state index contributed by atoms with van der Waals surface area (Å²) in [7, 11) is 1.37. The van der Waals surface area contributed by atoms with Gasteiger partial charge in [-0.2, -0.15) is 26.3 Å². The summed E-state index contributed by atoms with van der Waals surface area (Å²) in [5, 5.41) is 8.91. The average molecular weight is 693 g/mol. The number of rotatable bonds is 9. The predicted octanol–water partition coefficient (Wildman–Crippen LogP) is 10.4. The van der Waals surface area contributed by atoms with E-state index in [1.807, 2.05) is 37.3 Å². The van der Waals surface area contributed by atoms with Crippen molar-refractivity contribution in [2.75, 3.05) is 7.11 Å². The first-order valence-corrected chi connectivity index (χ1v) is 15.8. The van der Waals surface area contributed by atoms with E-state index < -0.39 is 23.5 Å². The smallest absolute Gasteiger partial charge is 0.416 e. The summed E-state index contributed by atoms with van der Waals surface area (Å²) in [5.41, 5.74) is 2.26. The van der Waals surface area contributed by atoms with Crippen molar-refractivity contribution in [3.8, 4) is 26.6 Å². The molecular formula is C35H30F6O4S2. The molecule has 0 saturated heterocycles. The van der Waals surface area contributed by atoms with Crippen molar-refractivity contribution >= 4 is 28.6 Å². The molecule has 0 aliphatic rings. The van der Waals surface area contributed by atoms with Gasteiger partial charge in [0.25, 0.3) is 0 Å². The summed E-state index contributed by atoms with van der Waals surface area (Å²) < 4.78 is 85.7. The summed E-state index contributed by atoms with van der Waals surface area (Å²) in [5.74, 6) is 0.482. The molecule has 0 fully saturated rings. The van der Waals surface area contributed by atoms with Gasteiger partial charge in [-0.1, -0.05) is 30.3 Å². The van der Waals surface area contributed by atoms with Crippen LogP contribution in [0.5, 0.6) is 5.75 Å². The van der Waals surface area contributed by atoms with Crippen molar-refractivity contribution in [1.82, 2.24) is 0 Å². The lowest BCUT2D eigenvalue weighted by atomic mass is 10.0. The number of ether oxygens (including phenoxy) is 2. The normalized spacial score (nSPS) is 11.5. The second-order valence-electron chi connectivity index (χ2n) is 10.3. The first-order valence-electron chi connectivity index (χ1n) is 14.2. The zero-order valence-electron chi connectivity index (χ0n) is 25.2. The minimum atomic E-state index is -4.33. The molecule has 0 bridgehead atoms. The molecule has 248 valence electrons. The van der Waals surface area contributed by atoms with E-state index in [-0.39, 0.29) is 12.6 Å². The van der Waals surface area contributed by atoms with Crippen molar-refractivity contribution < 1.29 is 45.7 Å². The number of hydrogen-bond acceptors (Lipinski definition) is 6. The van der Waals surface area contributed by atoms with E-state index in [2.05, 4.69) is 4.74 Å². The second kappa shape index (κ2) is 15.6. The molecule has 5 rings (SSSR count). The second-order valence-corrected chi connectivity index (χ2v) is 12.6. The Morgan fingerprint density at radius 1 is 0.723 bits per heavy atom. The van der Waals surface area contributed by atoms with Crippen molar-refractivity contribution in [3.63, 3.8) is 0 Å². The van der Waals surface area contributed by atoms with Gasteiger partial charge in [-0.15, -0.1) is 22.7 Å². The fourth-order valence-electron chi connectivity index (χ4n) is 4.41. The van der Waals surface area contributed by atoms with Gasteiger partial charge in [-0.25, -0.2) is 0 Å². The molecular weight excluding hydrogens is 663 g/mol. The molecule has 4 nitrogen and oxygen atoms in total. The summed E-state index contributed by atoms with van der Waals surface area (Å²) in [6, 6.07) is 23.2. The molecule has 2 heterocycles. The van der Waals surface area contributed by atoms with Gasteiger partial charge in [0.15, 0.2) is 0 Å². The molecule has 0 spiro atoms. The lowest BCUT2D eigenvalue weighted by molar-refractivity contribution is -0.140. The van der Waals surface area contributed by atoms with Gasteiger partial charge >= 0.3 is 18.3 Å². The quantitative estimate of drug-likeness (QED) is 0.123. The molecule has 2 aromatic heterocycles. The Labute approximate surface area is 275 Å². The zero-order valence-corrected chi connectivity index (χ0v) is 26.9. The summed E-state index contributed by atoms with van der Waals surface area (Å²) in [6.45, 7) is 2.28. The Balaban J connectivity index is 0.000000248. The molecule has 47 heavy (non-hydrogen) atoms. The Bertz CT molecular complexity index is 1750. The number of methoxy groups -OCH3 is 1. The SMILES string of the molecule is COC(=O)CCc1ccc(OCc2ccc(-c3ccc(C(F)(F)F)cc3)s2)cc1C.OCc1ccc(-c2ccc(C(F)(F)F)cc2)s1. The molecule has 0 aliphatic carbocycles. The van der Waals surface area contributed by atoms with E-state index in [0.29, 0.717) is 19.4 Å². The van der Waals surface area contributed by atoms with Crippen LogP contribution in [0, 0.1) is 6.92 Å². The zero-order chi connectivity index (χ0) is 34.2. The number of aryl methyl sites for hydroxylation is 2. The van der Waals surface area contributed by atoms with Gasteiger partial charge in [0.05, 0.1) is 24.8 Å². The fraction of sp³-hybridized carbons (Fsp3) is 0.229. The average Bonchev–Trinajstić information content (AvgIpc) is 3.73. The maximum absolute atomic E-state index is 12.7. The van der Waals surface area contributed by atoms with Gasteiger partial charge in [0.1, 0.15) is 12.4 Å². The molecule has 0 saturated carbocycles. The van der Waals surface area contributed by atoms with Gasteiger partial charge in [0.2, 0.25) is 0 Å². The molecule has 0 radical (unpaired) electrons. The van der Waals surface area contributed by atoms with Crippen LogP contribution in [0.4, 0.5) is 26.3 Å². The standard InChI is InChI=1S/C23H21F3O3S.C12H9F3OS/c1-15-13-19(9-5-16(15)6-12-22(27)28-2)29-14-20-10-11-21(30-20)17-3-7-18(8-4-17)23(24,25)26;13-12(14,15)9-3-1-8(2-4-9)11-6-5-10(7-16)17-11/h3-5,7-11,13H,6,12,14H2,1-2H3;1-6,16H,7H2. The Morgan fingerprint density at radius 2 is 1.23 bits per heavy atom. The molecule has 12 heteroatoms. The lowest BCUT2D eigenvalue weighted by Crippen LogP contribution is -2.03. The Kier molecular flexibility index (Phi) is 11.9. The number of halogens is 6. The van der Waals surface area contributed by atoms with Crippen LogP contribution in [0.2, 0.25) is 0 Å². The molecule has 3 aromatic carbocycles. The maximum Gasteiger partial charge on any atom is 0.416 e. The van der Waals surface area contributed by atoms with E-state index in [0.717, 1.165) is 71.8 Å². The minimum Gasteiger partial charge on any atom is -0.488 e. The molecule has 0 atom stereocenters. The largest absolute Gasteiger partial charge is 0.488 e. The van der Waals surface area contributed by atoms with E-state index in [1.165, 1.54) is 54.0 Å². The number of esters is 1. The summed E-state index contributed by atoms with van der Waals surface area (Å²) in [6.07, 6.45) is -7.69. The van der Waals surface area contributed by atoms with Crippen LogP contribution in [0.15, 0.2) is 91.0 Å². The van der Waals surface area contributed by atoms with Crippen LogP contribution in [0.25, 0.3) is 20.9 Å². The third kappa shape index (κ3) is 10.2. The van der Waals surface area contributed by atoms with Crippen molar-refractivity contribution in [3.05, 3.63) is 123 Å². The molecule has 0 aliphatic heterocycles. The van der Waals surface area contributed by atoms with Gasteiger partial charge in [-0.3, -0.25) is 4.79 Å². The monoisotopic (exact) mass is 692 g/mol. The molecule has 1 N–H and O–H groups in total. The predicted molar refractivity (Wildman–Crippen MR) is 171 cm³/mol. The first-order chi connectivity index (χ1) is 22.3. The topological polar surface area (TPSA) is 55.8 Å². The highest BCUT2D eigenvalue weighted by Gasteiger charge is 2.30. The van der Waals surface area contributed by atoms with Crippen LogP contribution in [-0.2, 0) is 41.5 Å². The van der Waals surface area contributed by atoms with Gasteiger partial charge in [-0.05, 0) is 96.3 Å². The Hall–Kier alpha value is -4.13. The van der Waals surface area contributed by atoms with Crippen LogP contribution in [0.1, 0.15) is 38.4 Å². The van der Waals surface area contributed by atoms with E-state index in [4.69, 9.17) is 9.84 Å². The highest BCUT2D eigenvalue weighted by Crippen LogP contribution is 2.35. The number of aliphatic hydroxyl groups is 1. The van der Waals surface area contributed by atoms with Crippen LogP contribution in [0.3, 0.4) is 0 Å². The number of aliphatic hydroxyl groups excluding tert-OH is 1. The first kappa shape index (κ1) is 35.7. The van der Waals surface area contributed by atoms with E-state index >= 15 is 0 Å².